The van der Waals surface area contributed by atoms with Crippen LogP contribution in [0.3, 0.4) is 0 Å². The molecule has 0 fully saturated rings. The first-order chi connectivity index (χ1) is 21.8. The highest BCUT2D eigenvalue weighted by Gasteiger charge is 2.30. The van der Waals surface area contributed by atoms with Gasteiger partial charge in [-0.05, 0) is 33.7 Å². The van der Waals surface area contributed by atoms with Crippen molar-refractivity contribution in [3.63, 3.8) is 0 Å². The van der Waals surface area contributed by atoms with Gasteiger partial charge in [-0.3, -0.25) is 0 Å². The highest BCUT2D eigenvalue weighted by molar-refractivity contribution is 5.83. The summed E-state index contributed by atoms with van der Waals surface area (Å²) in [4.78, 5) is 40.5. The van der Waals surface area contributed by atoms with Crippen LogP contribution in [0.2, 0.25) is 0 Å². The Morgan fingerprint density at radius 2 is 1.22 bits per heavy atom. The Kier molecular flexibility index (Phi) is 12.3. The van der Waals surface area contributed by atoms with Crippen molar-refractivity contribution in [2.75, 3.05) is 13.1 Å². The molecule has 0 aliphatic heterocycles. The van der Waals surface area contributed by atoms with E-state index < -0.39 is 30.1 Å². The molecule has 2 N–H and O–H groups in total. The number of aliphatic carboxylic acids is 1. The number of urea groups is 1. The first kappa shape index (κ1) is 33.0. The van der Waals surface area contributed by atoms with Gasteiger partial charge in [-0.1, -0.05) is 129 Å². The summed E-state index contributed by atoms with van der Waals surface area (Å²) in [6.45, 7) is 4.25. The molecule has 8 nitrogen and oxygen atoms in total. The molecule has 45 heavy (non-hydrogen) atoms. The molecule has 1 unspecified atom stereocenters. The largest absolute Gasteiger partial charge is 0.480 e. The highest BCUT2D eigenvalue weighted by atomic mass is 16.6. The Bertz CT molecular complexity index is 1490. The number of hydrogen-bond donors (Lipinski definition) is 2. The molecule has 0 saturated heterocycles. The number of benzene rings is 4. The van der Waals surface area contributed by atoms with Crippen molar-refractivity contribution in [1.29, 1.82) is 0 Å². The quantitative estimate of drug-likeness (QED) is 0.153. The fourth-order valence-corrected chi connectivity index (χ4v) is 4.81. The maximum atomic E-state index is 13.6. The number of carbonyl (C=O) groups is 3. The lowest BCUT2D eigenvalue weighted by molar-refractivity contribution is -0.160. The zero-order chi connectivity index (χ0) is 32.0. The number of nitrogens with zero attached hydrogens (tertiary/aromatic N) is 1. The van der Waals surface area contributed by atoms with Crippen LogP contribution in [-0.4, -0.2) is 53.2 Å². The third kappa shape index (κ3) is 10.6. The van der Waals surface area contributed by atoms with Crippen LogP contribution in [0.5, 0.6) is 0 Å². The average molecular weight is 609 g/mol. The summed E-state index contributed by atoms with van der Waals surface area (Å²) in [6.07, 6.45) is -0.995. The maximum Gasteiger partial charge on any atom is 0.337 e. The Morgan fingerprint density at radius 3 is 1.78 bits per heavy atom. The van der Waals surface area contributed by atoms with Gasteiger partial charge in [-0.15, -0.1) is 0 Å². The van der Waals surface area contributed by atoms with Crippen LogP contribution in [0.1, 0.15) is 30.5 Å². The number of carboxylic acids is 1. The van der Waals surface area contributed by atoms with E-state index >= 15 is 0 Å². The van der Waals surface area contributed by atoms with Crippen LogP contribution in [0.4, 0.5) is 4.79 Å². The average Bonchev–Trinajstić information content (AvgIpc) is 3.06. The highest BCUT2D eigenvalue weighted by Crippen LogP contribution is 2.20. The molecule has 0 spiro atoms. The minimum atomic E-state index is -1.18. The number of nitrogens with one attached hydrogen (secondary N) is 1. The number of carbonyl (C=O) groups excluding carboxylic acids is 2. The molecule has 234 valence electrons. The van der Waals surface area contributed by atoms with Crippen LogP contribution in [0.25, 0.3) is 11.1 Å². The molecule has 0 aliphatic carbocycles. The summed E-state index contributed by atoms with van der Waals surface area (Å²) in [6, 6.07) is 34.4. The predicted octanol–water partition coefficient (Wildman–Crippen LogP) is 6.35. The summed E-state index contributed by atoms with van der Waals surface area (Å²) in [5.41, 5.74) is 4.53. The molecule has 0 heterocycles. The van der Waals surface area contributed by atoms with E-state index in [0.717, 1.165) is 27.8 Å². The van der Waals surface area contributed by atoms with Gasteiger partial charge in [0.25, 0.3) is 0 Å². The van der Waals surface area contributed by atoms with Crippen LogP contribution in [0, 0.1) is 5.92 Å². The van der Waals surface area contributed by atoms with Crippen LogP contribution in [-0.2, 0) is 38.7 Å². The summed E-state index contributed by atoms with van der Waals surface area (Å²) in [5, 5.41) is 12.7. The second-order valence-electron chi connectivity index (χ2n) is 11.3. The van der Waals surface area contributed by atoms with E-state index in [2.05, 4.69) is 5.32 Å². The van der Waals surface area contributed by atoms with E-state index in [0.29, 0.717) is 0 Å². The van der Waals surface area contributed by atoms with E-state index in [1.165, 1.54) is 4.90 Å². The van der Waals surface area contributed by atoms with Crippen molar-refractivity contribution in [1.82, 2.24) is 10.2 Å². The van der Waals surface area contributed by atoms with Crippen LogP contribution >= 0.6 is 0 Å². The van der Waals surface area contributed by atoms with E-state index in [1.807, 2.05) is 129 Å². The third-order valence-electron chi connectivity index (χ3n) is 7.14. The SMILES string of the molecule is CC(C)CN(CC(OCc1ccccc1)C(=O)OCc1ccccc1)C(=O)N[C@@H](Cc1ccc(-c2ccccc2)cc1)C(=O)O. The zero-order valence-corrected chi connectivity index (χ0v) is 25.7. The maximum absolute atomic E-state index is 13.6. The fraction of sp³-hybridized carbons (Fsp3) is 0.270. The van der Waals surface area contributed by atoms with Gasteiger partial charge in [0.1, 0.15) is 12.6 Å². The molecule has 2 atom stereocenters. The lowest BCUT2D eigenvalue weighted by atomic mass is 10.0. The standard InChI is InChI=1S/C37H40N2O6/c1-27(2)23-39(24-34(44-25-29-12-6-3-7-13-29)36(42)45-26-30-14-8-4-9-15-30)37(43)38-33(35(40)41)22-28-18-20-32(21-19-28)31-16-10-5-11-17-31/h3-21,27,33-34H,22-26H2,1-2H3,(H,38,43)(H,40,41)/t33-,34?/m0/s1. The number of amides is 2. The predicted molar refractivity (Wildman–Crippen MR) is 173 cm³/mol. The van der Waals surface area contributed by atoms with Gasteiger partial charge in [0.15, 0.2) is 6.10 Å². The monoisotopic (exact) mass is 608 g/mol. The Labute approximate surface area is 264 Å². The molecule has 0 aliphatic rings. The van der Waals surface area contributed by atoms with E-state index in [1.54, 1.807) is 0 Å². The van der Waals surface area contributed by atoms with Gasteiger partial charge >= 0.3 is 18.0 Å². The Morgan fingerprint density at radius 1 is 0.689 bits per heavy atom. The first-order valence-corrected chi connectivity index (χ1v) is 15.1. The number of rotatable bonds is 15. The van der Waals surface area contributed by atoms with E-state index in [-0.39, 0.29) is 38.6 Å². The Hall–Kier alpha value is -4.95. The zero-order valence-electron chi connectivity index (χ0n) is 25.7. The first-order valence-electron chi connectivity index (χ1n) is 15.1. The topological polar surface area (TPSA) is 105 Å². The smallest absolute Gasteiger partial charge is 0.337 e. The van der Waals surface area contributed by atoms with Gasteiger partial charge < -0.3 is 24.8 Å². The van der Waals surface area contributed by atoms with Crippen molar-refractivity contribution in [3.05, 3.63) is 132 Å². The molecule has 2 amide bonds. The number of hydrogen-bond acceptors (Lipinski definition) is 5. The molecule has 4 rings (SSSR count). The minimum absolute atomic E-state index is 0.0414. The molecular weight excluding hydrogens is 568 g/mol. The molecule has 4 aromatic carbocycles. The fourth-order valence-electron chi connectivity index (χ4n) is 4.81. The summed E-state index contributed by atoms with van der Waals surface area (Å²) < 4.78 is 11.6. The molecule has 0 aromatic heterocycles. The van der Waals surface area contributed by atoms with Gasteiger partial charge in [0, 0.05) is 13.0 Å². The van der Waals surface area contributed by atoms with Gasteiger partial charge in [-0.2, -0.15) is 0 Å². The normalized spacial score (nSPS) is 12.2. The summed E-state index contributed by atoms with van der Waals surface area (Å²) in [5.74, 6) is -1.72. The van der Waals surface area contributed by atoms with Crippen molar-refractivity contribution >= 4 is 18.0 Å². The van der Waals surface area contributed by atoms with Crippen molar-refractivity contribution in [2.45, 2.75) is 45.6 Å². The van der Waals surface area contributed by atoms with Crippen molar-refractivity contribution < 1.29 is 29.0 Å². The molecule has 8 heteroatoms. The Balaban J connectivity index is 1.46. The molecule has 0 bridgehead atoms. The van der Waals surface area contributed by atoms with Gasteiger partial charge in [-0.25, -0.2) is 14.4 Å². The summed E-state index contributed by atoms with van der Waals surface area (Å²) in [7, 11) is 0. The minimum Gasteiger partial charge on any atom is -0.480 e. The molecular formula is C37H40N2O6. The number of esters is 1. The van der Waals surface area contributed by atoms with Crippen LogP contribution in [0.15, 0.2) is 115 Å². The van der Waals surface area contributed by atoms with Crippen molar-refractivity contribution in [2.24, 2.45) is 5.92 Å². The number of ether oxygens (including phenoxy) is 2. The van der Waals surface area contributed by atoms with Gasteiger partial charge in [0.05, 0.1) is 13.2 Å². The second-order valence-corrected chi connectivity index (χ2v) is 11.3. The molecule has 0 saturated carbocycles. The summed E-state index contributed by atoms with van der Waals surface area (Å²) >= 11 is 0. The molecule has 0 radical (unpaired) electrons. The third-order valence-corrected chi connectivity index (χ3v) is 7.14. The van der Waals surface area contributed by atoms with Crippen LogP contribution < -0.4 is 5.32 Å². The van der Waals surface area contributed by atoms with Crippen molar-refractivity contribution in [3.8, 4) is 11.1 Å². The van der Waals surface area contributed by atoms with E-state index in [4.69, 9.17) is 9.47 Å². The number of carboxylic acid groups (broad SMARTS) is 1. The molecule has 4 aromatic rings. The lowest BCUT2D eigenvalue weighted by Crippen LogP contribution is -2.52. The van der Waals surface area contributed by atoms with E-state index in [9.17, 15) is 19.5 Å². The second kappa shape index (κ2) is 16.8. The van der Waals surface area contributed by atoms with Gasteiger partial charge in [0.2, 0.25) is 0 Å². The lowest BCUT2D eigenvalue weighted by Gasteiger charge is -2.29.